The number of piperidine rings is 1. The summed E-state index contributed by atoms with van der Waals surface area (Å²) in [6.07, 6.45) is 3.78. The smallest absolute Gasteiger partial charge is 0.251 e. The Morgan fingerprint density at radius 3 is 2.58 bits per heavy atom. The molecule has 0 aliphatic carbocycles. The van der Waals surface area contributed by atoms with E-state index in [-0.39, 0.29) is 28.5 Å². The van der Waals surface area contributed by atoms with Crippen molar-refractivity contribution in [3.05, 3.63) is 70.5 Å². The Balaban J connectivity index is 1.24. The standard InChI is InChI=1S/C24H26ClFN2O3/c25-20-15-18(6-7-21(20)26)23(30)27-16-19-8-9-24(31-19)10-12-28(13-11-24)22(29)14-17-4-2-1-3-5-17/h1-7,15,19H,8-14,16H2,(H,27,30). The van der Waals surface area contributed by atoms with Crippen LogP contribution in [0.4, 0.5) is 4.39 Å². The summed E-state index contributed by atoms with van der Waals surface area (Å²) in [5, 5.41) is 2.78. The highest BCUT2D eigenvalue weighted by Gasteiger charge is 2.43. The van der Waals surface area contributed by atoms with Crippen LogP contribution in [0.3, 0.4) is 0 Å². The number of carbonyl (C=O) groups is 2. The molecule has 0 saturated carbocycles. The highest BCUT2D eigenvalue weighted by molar-refractivity contribution is 6.31. The zero-order valence-corrected chi connectivity index (χ0v) is 18.0. The van der Waals surface area contributed by atoms with Crippen LogP contribution in [-0.4, -0.2) is 48.1 Å². The zero-order valence-electron chi connectivity index (χ0n) is 17.3. The second-order valence-electron chi connectivity index (χ2n) is 8.34. The van der Waals surface area contributed by atoms with Gasteiger partial charge in [0.1, 0.15) is 5.82 Å². The Hall–Kier alpha value is -2.44. The van der Waals surface area contributed by atoms with Crippen molar-refractivity contribution < 1.29 is 18.7 Å². The number of nitrogens with zero attached hydrogens (tertiary/aromatic N) is 1. The molecule has 0 aromatic heterocycles. The Morgan fingerprint density at radius 1 is 1.13 bits per heavy atom. The van der Waals surface area contributed by atoms with Crippen LogP contribution >= 0.6 is 11.6 Å². The first-order chi connectivity index (χ1) is 14.9. The van der Waals surface area contributed by atoms with Gasteiger partial charge >= 0.3 is 0 Å². The average molecular weight is 445 g/mol. The lowest BCUT2D eigenvalue weighted by molar-refractivity contribution is -0.136. The highest BCUT2D eigenvalue weighted by Crippen LogP contribution is 2.38. The van der Waals surface area contributed by atoms with Gasteiger partial charge in [-0.1, -0.05) is 41.9 Å². The van der Waals surface area contributed by atoms with Crippen molar-refractivity contribution in [3.8, 4) is 0 Å². The van der Waals surface area contributed by atoms with Gasteiger partial charge in [-0.25, -0.2) is 4.39 Å². The molecule has 2 amide bonds. The van der Waals surface area contributed by atoms with Crippen LogP contribution in [0.25, 0.3) is 0 Å². The fourth-order valence-electron chi connectivity index (χ4n) is 4.40. The minimum absolute atomic E-state index is 0.0635. The third-order valence-electron chi connectivity index (χ3n) is 6.24. The first-order valence-corrected chi connectivity index (χ1v) is 11.0. The van der Waals surface area contributed by atoms with E-state index >= 15 is 0 Å². The third-order valence-corrected chi connectivity index (χ3v) is 6.53. The van der Waals surface area contributed by atoms with Gasteiger partial charge in [0.2, 0.25) is 5.91 Å². The molecule has 0 radical (unpaired) electrons. The summed E-state index contributed by atoms with van der Waals surface area (Å²) in [4.78, 5) is 26.8. The van der Waals surface area contributed by atoms with Crippen LogP contribution in [0.5, 0.6) is 0 Å². The number of rotatable bonds is 5. The number of ether oxygens (including phenoxy) is 1. The van der Waals surface area contributed by atoms with Crippen molar-refractivity contribution in [2.75, 3.05) is 19.6 Å². The second kappa shape index (κ2) is 9.37. The number of amides is 2. The van der Waals surface area contributed by atoms with Crippen LogP contribution in [0.2, 0.25) is 5.02 Å². The Bertz CT molecular complexity index is 945. The lowest BCUT2D eigenvalue weighted by Crippen LogP contribution is -2.47. The molecule has 4 rings (SSSR count). The Kier molecular flexibility index (Phi) is 6.58. The van der Waals surface area contributed by atoms with Gasteiger partial charge in [0, 0.05) is 25.2 Å². The van der Waals surface area contributed by atoms with E-state index in [1.807, 2.05) is 35.2 Å². The minimum Gasteiger partial charge on any atom is -0.370 e. The number of nitrogens with one attached hydrogen (secondary N) is 1. The van der Waals surface area contributed by atoms with Gasteiger partial charge in [-0.2, -0.15) is 0 Å². The summed E-state index contributed by atoms with van der Waals surface area (Å²) >= 11 is 5.75. The summed E-state index contributed by atoms with van der Waals surface area (Å²) in [5.74, 6) is -0.693. The molecule has 1 unspecified atom stereocenters. The van der Waals surface area contributed by atoms with Crippen LogP contribution in [0.1, 0.15) is 41.6 Å². The predicted molar refractivity (Wildman–Crippen MR) is 117 cm³/mol. The van der Waals surface area contributed by atoms with Crippen LogP contribution < -0.4 is 5.32 Å². The first kappa shape index (κ1) is 21.8. The van der Waals surface area contributed by atoms with E-state index in [9.17, 15) is 14.0 Å². The molecule has 2 heterocycles. The molecule has 2 saturated heterocycles. The van der Waals surface area contributed by atoms with Crippen molar-refractivity contribution >= 4 is 23.4 Å². The van der Waals surface area contributed by atoms with E-state index < -0.39 is 5.82 Å². The van der Waals surface area contributed by atoms with Gasteiger partial charge < -0.3 is 15.0 Å². The maximum absolute atomic E-state index is 13.3. The number of halogens is 2. The van der Waals surface area contributed by atoms with Crippen molar-refractivity contribution in [3.63, 3.8) is 0 Å². The number of hydrogen-bond donors (Lipinski definition) is 1. The van der Waals surface area contributed by atoms with Gasteiger partial charge in [-0.3, -0.25) is 9.59 Å². The molecule has 31 heavy (non-hydrogen) atoms. The summed E-state index contributed by atoms with van der Waals surface area (Å²) in [6.45, 7) is 1.78. The molecule has 1 atom stereocenters. The molecule has 2 aromatic rings. The van der Waals surface area contributed by atoms with Crippen molar-refractivity contribution in [1.29, 1.82) is 0 Å². The number of carbonyl (C=O) groups excluding carboxylic acids is 2. The number of benzene rings is 2. The summed E-state index contributed by atoms with van der Waals surface area (Å²) in [6, 6.07) is 13.7. The SMILES string of the molecule is O=C(NCC1CCC2(CCN(C(=O)Cc3ccccc3)CC2)O1)c1ccc(F)c(Cl)c1. The van der Waals surface area contributed by atoms with E-state index in [2.05, 4.69) is 5.32 Å². The Labute approximate surface area is 186 Å². The van der Waals surface area contributed by atoms with Gasteiger partial charge in [-0.15, -0.1) is 0 Å². The van der Waals surface area contributed by atoms with Crippen molar-refractivity contribution in [2.45, 2.75) is 43.8 Å². The maximum atomic E-state index is 13.3. The van der Waals surface area contributed by atoms with Crippen molar-refractivity contribution in [1.82, 2.24) is 10.2 Å². The molecule has 2 fully saturated rings. The van der Waals surface area contributed by atoms with Crippen molar-refractivity contribution in [2.24, 2.45) is 0 Å². The monoisotopic (exact) mass is 444 g/mol. The fourth-order valence-corrected chi connectivity index (χ4v) is 4.58. The molecule has 7 heteroatoms. The van der Waals surface area contributed by atoms with E-state index in [1.54, 1.807) is 0 Å². The molecule has 1 N–H and O–H groups in total. The third kappa shape index (κ3) is 5.25. The maximum Gasteiger partial charge on any atom is 0.251 e. The lowest BCUT2D eigenvalue weighted by Gasteiger charge is -2.39. The topological polar surface area (TPSA) is 58.6 Å². The van der Waals surface area contributed by atoms with Crippen LogP contribution in [0, 0.1) is 5.82 Å². The molecule has 2 aliphatic rings. The molecule has 0 bridgehead atoms. The summed E-state index contributed by atoms with van der Waals surface area (Å²) in [7, 11) is 0. The van der Waals surface area contributed by atoms with E-state index in [0.717, 1.165) is 31.2 Å². The van der Waals surface area contributed by atoms with E-state index in [0.29, 0.717) is 31.6 Å². The molecule has 2 aromatic carbocycles. The van der Waals surface area contributed by atoms with Gasteiger partial charge in [-0.05, 0) is 49.4 Å². The Morgan fingerprint density at radius 2 is 1.87 bits per heavy atom. The average Bonchev–Trinajstić information content (AvgIpc) is 3.17. The lowest BCUT2D eigenvalue weighted by atomic mass is 9.88. The molecule has 1 spiro atoms. The molecule has 164 valence electrons. The van der Waals surface area contributed by atoms with E-state index in [1.165, 1.54) is 18.2 Å². The second-order valence-corrected chi connectivity index (χ2v) is 8.75. The molecular formula is C24H26ClFN2O3. The highest BCUT2D eigenvalue weighted by atomic mass is 35.5. The largest absolute Gasteiger partial charge is 0.370 e. The molecule has 5 nitrogen and oxygen atoms in total. The summed E-state index contributed by atoms with van der Waals surface area (Å²) < 4.78 is 19.6. The number of likely N-dealkylation sites (tertiary alicyclic amines) is 1. The minimum atomic E-state index is -0.548. The quantitative estimate of drug-likeness (QED) is 0.758. The zero-order chi connectivity index (χ0) is 21.8. The number of hydrogen-bond acceptors (Lipinski definition) is 3. The van der Waals surface area contributed by atoms with Crippen LogP contribution in [-0.2, 0) is 16.0 Å². The summed E-state index contributed by atoms with van der Waals surface area (Å²) in [5.41, 5.74) is 1.14. The van der Waals surface area contributed by atoms with Gasteiger partial charge in [0.25, 0.3) is 5.91 Å². The van der Waals surface area contributed by atoms with Crippen LogP contribution in [0.15, 0.2) is 48.5 Å². The molecule has 2 aliphatic heterocycles. The van der Waals surface area contributed by atoms with E-state index in [4.69, 9.17) is 16.3 Å². The first-order valence-electron chi connectivity index (χ1n) is 10.7. The van der Waals surface area contributed by atoms with Gasteiger partial charge in [0.05, 0.1) is 23.1 Å². The normalized spacial score (nSPS) is 20.1. The molecular weight excluding hydrogens is 419 g/mol. The van der Waals surface area contributed by atoms with Gasteiger partial charge in [0.15, 0.2) is 0 Å². The fraction of sp³-hybridized carbons (Fsp3) is 0.417. The predicted octanol–water partition coefficient (Wildman–Crippen LogP) is 3.99.